The number of likely N-dealkylation sites (N-methyl/N-ethyl adjacent to an activating group) is 1. The second-order valence-corrected chi connectivity index (χ2v) is 7.10. The molecule has 1 heterocycles. The number of aromatic nitrogens is 1. The smallest absolute Gasteiger partial charge is 0.320 e. The summed E-state index contributed by atoms with van der Waals surface area (Å²) >= 11 is 0. The average molecular weight is 445 g/mol. The van der Waals surface area contributed by atoms with E-state index in [1.165, 1.54) is 28.0 Å². The lowest BCUT2D eigenvalue weighted by Crippen LogP contribution is -2.42. The normalized spacial score (nSPS) is 12.4. The Balaban J connectivity index is 2.20. The molecule has 5 nitrogen and oxygen atoms in total. The van der Waals surface area contributed by atoms with Crippen LogP contribution in [0.4, 0.5) is 27.6 Å². The molecule has 1 amide bonds. The Kier molecular flexibility index (Phi) is 7.80. The maximum absolute atomic E-state index is 14.2. The van der Waals surface area contributed by atoms with Crippen molar-refractivity contribution in [2.45, 2.75) is 25.8 Å². The Morgan fingerprint density at radius 1 is 1.16 bits per heavy atom. The molecule has 1 atom stereocenters. The number of amides is 1. The highest BCUT2D eigenvalue weighted by Crippen LogP contribution is 2.30. The molecule has 0 aliphatic heterocycles. The van der Waals surface area contributed by atoms with E-state index in [1.807, 2.05) is 0 Å². The number of carbonyl (C=O) groups excluding carboxylic acids is 1. The van der Waals surface area contributed by atoms with Gasteiger partial charge in [0, 0.05) is 26.7 Å². The molecule has 1 unspecified atom stereocenters. The molecule has 0 spiro atoms. The lowest BCUT2D eigenvalue weighted by molar-refractivity contribution is -0.0360. The van der Waals surface area contributed by atoms with Crippen molar-refractivity contribution in [2.75, 3.05) is 38.8 Å². The van der Waals surface area contributed by atoms with E-state index in [4.69, 9.17) is 4.74 Å². The highest BCUT2D eigenvalue weighted by atomic mass is 19.3. The number of para-hydroxylation sites is 1. The molecule has 0 fully saturated rings. The SMILES string of the molecule is CCN(C(=O)c1cccc(F)c1N(C)C)C(C)COc1ccc(F)c(C(F)(F)CF)n1. The lowest BCUT2D eigenvalue weighted by Gasteiger charge is -2.29. The molecular weight excluding hydrogens is 421 g/mol. The molecule has 1 aromatic heterocycles. The van der Waals surface area contributed by atoms with Gasteiger partial charge in [-0.25, -0.2) is 18.2 Å². The number of ether oxygens (including phenoxy) is 1. The van der Waals surface area contributed by atoms with E-state index in [-0.39, 0.29) is 30.3 Å². The van der Waals surface area contributed by atoms with E-state index in [2.05, 4.69) is 4.98 Å². The van der Waals surface area contributed by atoms with Crippen molar-refractivity contribution in [3.63, 3.8) is 0 Å². The zero-order valence-corrected chi connectivity index (χ0v) is 17.6. The molecule has 0 bridgehead atoms. The van der Waals surface area contributed by atoms with Gasteiger partial charge in [0.1, 0.15) is 12.4 Å². The summed E-state index contributed by atoms with van der Waals surface area (Å²) < 4.78 is 72.8. The third-order valence-corrected chi connectivity index (χ3v) is 4.61. The number of anilines is 1. The molecule has 0 aliphatic carbocycles. The van der Waals surface area contributed by atoms with Crippen LogP contribution in [0.15, 0.2) is 30.3 Å². The minimum Gasteiger partial charge on any atom is -0.475 e. The monoisotopic (exact) mass is 445 g/mol. The Morgan fingerprint density at radius 2 is 1.84 bits per heavy atom. The molecular formula is C21H24F5N3O2. The molecule has 0 saturated carbocycles. The summed E-state index contributed by atoms with van der Waals surface area (Å²) in [6.07, 6.45) is 0. The van der Waals surface area contributed by atoms with Crippen LogP contribution in [-0.2, 0) is 5.92 Å². The molecule has 2 aromatic rings. The van der Waals surface area contributed by atoms with Crippen LogP contribution in [0.2, 0.25) is 0 Å². The van der Waals surface area contributed by atoms with E-state index >= 15 is 0 Å². The fourth-order valence-corrected chi connectivity index (χ4v) is 3.07. The van der Waals surface area contributed by atoms with E-state index in [1.54, 1.807) is 27.9 Å². The number of alkyl halides is 3. The van der Waals surface area contributed by atoms with Gasteiger partial charge in [-0.15, -0.1) is 0 Å². The summed E-state index contributed by atoms with van der Waals surface area (Å²) in [5, 5.41) is 0. The van der Waals surface area contributed by atoms with E-state index in [0.717, 1.165) is 6.07 Å². The molecule has 2 rings (SSSR count). The number of halogens is 5. The summed E-state index contributed by atoms with van der Waals surface area (Å²) in [5.41, 5.74) is -1.06. The number of hydrogen-bond acceptors (Lipinski definition) is 4. The van der Waals surface area contributed by atoms with Crippen molar-refractivity contribution in [2.24, 2.45) is 0 Å². The van der Waals surface area contributed by atoms with E-state index < -0.39 is 41.9 Å². The fraction of sp³-hybridized carbons (Fsp3) is 0.429. The maximum Gasteiger partial charge on any atom is 0.320 e. The zero-order valence-electron chi connectivity index (χ0n) is 17.6. The van der Waals surface area contributed by atoms with Crippen molar-refractivity contribution in [1.29, 1.82) is 0 Å². The summed E-state index contributed by atoms with van der Waals surface area (Å²) in [7, 11) is 3.23. The minimum atomic E-state index is -4.08. The van der Waals surface area contributed by atoms with Crippen LogP contribution < -0.4 is 9.64 Å². The third-order valence-electron chi connectivity index (χ3n) is 4.61. The van der Waals surface area contributed by atoms with Crippen molar-refractivity contribution in [3.05, 3.63) is 53.2 Å². The largest absolute Gasteiger partial charge is 0.475 e. The van der Waals surface area contributed by atoms with Gasteiger partial charge < -0.3 is 14.5 Å². The summed E-state index contributed by atoms with van der Waals surface area (Å²) in [6, 6.07) is 5.37. The second-order valence-electron chi connectivity index (χ2n) is 7.10. The average Bonchev–Trinajstić information content (AvgIpc) is 2.72. The Morgan fingerprint density at radius 3 is 2.42 bits per heavy atom. The first-order valence-electron chi connectivity index (χ1n) is 9.53. The predicted octanol–water partition coefficient (Wildman–Crippen LogP) is 4.42. The number of pyridine rings is 1. The predicted molar refractivity (Wildman–Crippen MR) is 106 cm³/mol. The van der Waals surface area contributed by atoms with Crippen LogP contribution in [0.3, 0.4) is 0 Å². The Hall–Kier alpha value is -2.91. The zero-order chi connectivity index (χ0) is 23.3. The number of rotatable bonds is 9. The van der Waals surface area contributed by atoms with Crippen LogP contribution in [-0.4, -0.2) is 55.8 Å². The number of carbonyl (C=O) groups is 1. The van der Waals surface area contributed by atoms with Crippen molar-refractivity contribution >= 4 is 11.6 Å². The maximum atomic E-state index is 14.2. The molecule has 10 heteroatoms. The highest BCUT2D eigenvalue weighted by molar-refractivity contribution is 6.00. The first-order chi connectivity index (χ1) is 14.5. The van der Waals surface area contributed by atoms with Crippen LogP contribution >= 0.6 is 0 Å². The van der Waals surface area contributed by atoms with Gasteiger partial charge >= 0.3 is 5.92 Å². The topological polar surface area (TPSA) is 45.7 Å². The third kappa shape index (κ3) is 5.42. The van der Waals surface area contributed by atoms with E-state index in [0.29, 0.717) is 6.07 Å². The quantitative estimate of drug-likeness (QED) is 0.537. The van der Waals surface area contributed by atoms with Crippen LogP contribution in [0.5, 0.6) is 5.88 Å². The van der Waals surface area contributed by atoms with Gasteiger partial charge in [0.05, 0.1) is 17.3 Å². The molecule has 170 valence electrons. The van der Waals surface area contributed by atoms with Gasteiger partial charge in [-0.2, -0.15) is 8.78 Å². The summed E-state index contributed by atoms with van der Waals surface area (Å²) in [6.45, 7) is 1.37. The standard InChI is InChI=1S/C21H24F5N3O2/c1-5-29(20(30)14-7-6-8-15(23)18(14)28(3)4)13(2)11-31-17-10-9-16(24)19(27-17)21(25,26)12-22/h6-10,13H,5,11-12H2,1-4H3. The number of nitrogens with zero attached hydrogens (tertiary/aromatic N) is 3. The molecule has 0 aliphatic rings. The van der Waals surface area contributed by atoms with Crippen molar-refractivity contribution in [3.8, 4) is 5.88 Å². The van der Waals surface area contributed by atoms with Gasteiger partial charge in [0.2, 0.25) is 5.88 Å². The first-order valence-corrected chi connectivity index (χ1v) is 9.53. The second kappa shape index (κ2) is 9.93. The van der Waals surface area contributed by atoms with Gasteiger partial charge in [-0.3, -0.25) is 4.79 Å². The minimum absolute atomic E-state index is 0.136. The van der Waals surface area contributed by atoms with E-state index in [9.17, 15) is 26.7 Å². The Bertz CT molecular complexity index is 924. The first kappa shape index (κ1) is 24.4. The summed E-state index contributed by atoms with van der Waals surface area (Å²) in [5.74, 6) is -6.76. The van der Waals surface area contributed by atoms with Gasteiger partial charge in [0.25, 0.3) is 5.91 Å². The van der Waals surface area contributed by atoms with Gasteiger partial charge in [-0.1, -0.05) is 6.07 Å². The fourth-order valence-electron chi connectivity index (χ4n) is 3.07. The van der Waals surface area contributed by atoms with Crippen LogP contribution in [0.1, 0.15) is 29.9 Å². The molecule has 31 heavy (non-hydrogen) atoms. The summed E-state index contributed by atoms with van der Waals surface area (Å²) in [4.78, 5) is 19.3. The molecule has 0 radical (unpaired) electrons. The van der Waals surface area contributed by atoms with Crippen LogP contribution in [0.25, 0.3) is 0 Å². The highest BCUT2D eigenvalue weighted by Gasteiger charge is 2.37. The molecule has 0 N–H and O–H groups in total. The molecule has 1 aromatic carbocycles. The number of hydrogen-bond donors (Lipinski definition) is 0. The van der Waals surface area contributed by atoms with Gasteiger partial charge in [-0.05, 0) is 32.0 Å². The van der Waals surface area contributed by atoms with Gasteiger partial charge in [0.15, 0.2) is 18.2 Å². The number of benzene rings is 1. The molecule has 0 saturated heterocycles. The van der Waals surface area contributed by atoms with Crippen LogP contribution in [0, 0.1) is 11.6 Å². The van der Waals surface area contributed by atoms with Crippen molar-refractivity contribution < 1.29 is 31.5 Å². The lowest BCUT2D eigenvalue weighted by atomic mass is 10.1. The van der Waals surface area contributed by atoms with Crippen molar-refractivity contribution in [1.82, 2.24) is 9.88 Å². The Labute approximate surface area is 177 Å².